The van der Waals surface area contributed by atoms with Crippen molar-refractivity contribution in [3.05, 3.63) is 59.7 Å². The average molecular weight is 214 g/mol. The molecule has 2 heteroatoms. The highest BCUT2D eigenvalue weighted by atomic mass is 14.8. The van der Waals surface area contributed by atoms with Crippen LogP contribution in [-0.4, -0.2) is 11.6 Å². The lowest BCUT2D eigenvalue weighted by Crippen LogP contribution is -2.55. The third kappa shape index (κ3) is 2.23. The molecular weight excluding hydrogens is 196 g/mol. The van der Waals surface area contributed by atoms with E-state index >= 15 is 0 Å². The second kappa shape index (κ2) is 4.24. The Balaban J connectivity index is 2.19. The van der Waals surface area contributed by atoms with E-state index in [9.17, 15) is 0 Å². The van der Waals surface area contributed by atoms with E-state index in [0.717, 1.165) is 6.42 Å². The third-order valence-electron chi connectivity index (χ3n) is 3.07. The molecular formula is C14H18N2. The van der Waals surface area contributed by atoms with Crippen molar-refractivity contribution in [2.45, 2.75) is 24.9 Å². The first kappa shape index (κ1) is 11.1. The molecule has 84 valence electrons. The van der Waals surface area contributed by atoms with Gasteiger partial charge in [0.15, 0.2) is 0 Å². The van der Waals surface area contributed by atoms with Crippen LogP contribution >= 0.6 is 0 Å². The molecule has 1 aromatic rings. The highest BCUT2D eigenvalue weighted by Gasteiger charge is 2.30. The fraction of sp³-hybridized carbons (Fsp3) is 0.286. The van der Waals surface area contributed by atoms with E-state index in [4.69, 9.17) is 11.5 Å². The van der Waals surface area contributed by atoms with Crippen LogP contribution in [0.1, 0.15) is 12.5 Å². The summed E-state index contributed by atoms with van der Waals surface area (Å²) in [4.78, 5) is 0. The second-order valence-electron chi connectivity index (χ2n) is 4.54. The molecule has 0 heterocycles. The van der Waals surface area contributed by atoms with Gasteiger partial charge >= 0.3 is 0 Å². The lowest BCUT2D eigenvalue weighted by molar-refractivity contribution is 0.464. The van der Waals surface area contributed by atoms with Gasteiger partial charge in [-0.2, -0.15) is 0 Å². The predicted octanol–water partition coefficient (Wildman–Crippen LogP) is 1.77. The molecule has 0 bridgehead atoms. The molecule has 0 aromatic heterocycles. The minimum atomic E-state index is -0.457. The highest BCUT2D eigenvalue weighted by Crippen LogP contribution is 2.22. The van der Waals surface area contributed by atoms with Crippen molar-refractivity contribution in [1.82, 2.24) is 0 Å². The van der Waals surface area contributed by atoms with Crippen LogP contribution in [0.25, 0.3) is 0 Å². The molecule has 0 aliphatic heterocycles. The minimum Gasteiger partial charge on any atom is -0.323 e. The smallest absolute Gasteiger partial charge is 0.0573 e. The Hall–Kier alpha value is -1.38. The maximum Gasteiger partial charge on any atom is 0.0573 e. The zero-order valence-electron chi connectivity index (χ0n) is 9.56. The van der Waals surface area contributed by atoms with Gasteiger partial charge in [0.2, 0.25) is 0 Å². The molecule has 0 amide bonds. The Kier molecular flexibility index (Phi) is 2.95. The van der Waals surface area contributed by atoms with Crippen molar-refractivity contribution in [2.24, 2.45) is 11.5 Å². The molecule has 0 fully saturated rings. The standard InChI is InChI=1S/C14H18N2/c1-11-7-8-14(16,13(15)9-11)10-12-5-3-2-4-6-12/h2-9,13H,10,15-16H2,1H3. The second-order valence-corrected chi connectivity index (χ2v) is 4.54. The molecule has 4 N–H and O–H groups in total. The number of allylic oxidation sites excluding steroid dienone is 2. The largest absolute Gasteiger partial charge is 0.323 e. The minimum absolute atomic E-state index is 0.113. The molecule has 2 rings (SSSR count). The highest BCUT2D eigenvalue weighted by molar-refractivity contribution is 5.34. The van der Waals surface area contributed by atoms with E-state index in [2.05, 4.69) is 12.1 Å². The normalized spacial score (nSPS) is 28.9. The van der Waals surface area contributed by atoms with Crippen LogP contribution < -0.4 is 11.5 Å². The van der Waals surface area contributed by atoms with Gasteiger partial charge < -0.3 is 11.5 Å². The van der Waals surface area contributed by atoms with Gasteiger partial charge in [-0.3, -0.25) is 0 Å². The van der Waals surface area contributed by atoms with Crippen LogP contribution in [0.15, 0.2) is 54.1 Å². The zero-order chi connectivity index (χ0) is 11.6. The van der Waals surface area contributed by atoms with Crippen molar-refractivity contribution >= 4 is 0 Å². The number of rotatable bonds is 2. The first-order valence-electron chi connectivity index (χ1n) is 5.56. The van der Waals surface area contributed by atoms with Crippen LogP contribution in [0.5, 0.6) is 0 Å². The lowest BCUT2D eigenvalue weighted by atomic mass is 9.81. The van der Waals surface area contributed by atoms with Crippen molar-refractivity contribution in [1.29, 1.82) is 0 Å². The molecule has 1 aromatic carbocycles. The summed E-state index contributed by atoms with van der Waals surface area (Å²) >= 11 is 0. The van der Waals surface area contributed by atoms with Gasteiger partial charge in [-0.05, 0) is 18.9 Å². The fourth-order valence-corrected chi connectivity index (χ4v) is 2.02. The molecule has 2 nitrogen and oxygen atoms in total. The van der Waals surface area contributed by atoms with E-state index < -0.39 is 5.54 Å². The third-order valence-corrected chi connectivity index (χ3v) is 3.07. The van der Waals surface area contributed by atoms with Gasteiger partial charge in [0.05, 0.1) is 5.54 Å². The predicted molar refractivity (Wildman–Crippen MR) is 67.9 cm³/mol. The molecule has 16 heavy (non-hydrogen) atoms. The number of nitrogens with two attached hydrogens (primary N) is 2. The van der Waals surface area contributed by atoms with Gasteiger partial charge in [-0.25, -0.2) is 0 Å². The number of hydrogen-bond donors (Lipinski definition) is 2. The summed E-state index contributed by atoms with van der Waals surface area (Å²) in [6.45, 7) is 2.04. The van der Waals surface area contributed by atoms with Gasteiger partial charge in [-0.1, -0.05) is 54.1 Å². The van der Waals surface area contributed by atoms with E-state index in [0.29, 0.717) is 0 Å². The Morgan fingerprint density at radius 3 is 2.56 bits per heavy atom. The lowest BCUT2D eigenvalue weighted by Gasteiger charge is -2.33. The average Bonchev–Trinajstić information content (AvgIpc) is 2.26. The van der Waals surface area contributed by atoms with E-state index in [-0.39, 0.29) is 6.04 Å². The molecule has 2 atom stereocenters. The summed E-state index contributed by atoms with van der Waals surface area (Å²) in [5, 5.41) is 0. The van der Waals surface area contributed by atoms with Crippen molar-refractivity contribution in [3.63, 3.8) is 0 Å². The summed E-state index contributed by atoms with van der Waals surface area (Å²) in [6, 6.07) is 10.1. The molecule has 0 radical (unpaired) electrons. The van der Waals surface area contributed by atoms with Crippen LogP contribution in [0.4, 0.5) is 0 Å². The maximum atomic E-state index is 6.34. The van der Waals surface area contributed by atoms with Crippen molar-refractivity contribution in [2.75, 3.05) is 0 Å². The van der Waals surface area contributed by atoms with E-state index in [1.165, 1.54) is 11.1 Å². The molecule has 1 aliphatic carbocycles. The summed E-state index contributed by atoms with van der Waals surface area (Å²) in [5.74, 6) is 0. The van der Waals surface area contributed by atoms with Crippen molar-refractivity contribution in [3.8, 4) is 0 Å². The molecule has 1 aliphatic rings. The van der Waals surface area contributed by atoms with Gasteiger partial charge in [0, 0.05) is 6.04 Å². The summed E-state index contributed by atoms with van der Waals surface area (Å²) in [6.07, 6.45) is 6.88. The first-order chi connectivity index (χ1) is 7.60. The quantitative estimate of drug-likeness (QED) is 0.788. The summed E-state index contributed by atoms with van der Waals surface area (Å²) in [5.41, 5.74) is 14.4. The Morgan fingerprint density at radius 2 is 1.94 bits per heavy atom. The molecule has 0 spiro atoms. The van der Waals surface area contributed by atoms with E-state index in [1.807, 2.05) is 43.4 Å². The van der Waals surface area contributed by atoms with Gasteiger partial charge in [0.1, 0.15) is 0 Å². The van der Waals surface area contributed by atoms with Crippen LogP contribution in [0.3, 0.4) is 0 Å². The molecule has 0 saturated heterocycles. The molecule has 2 unspecified atom stereocenters. The van der Waals surface area contributed by atoms with Crippen LogP contribution in [0, 0.1) is 0 Å². The number of benzene rings is 1. The first-order valence-corrected chi connectivity index (χ1v) is 5.56. The number of hydrogen-bond acceptors (Lipinski definition) is 2. The fourth-order valence-electron chi connectivity index (χ4n) is 2.02. The van der Waals surface area contributed by atoms with Crippen LogP contribution in [-0.2, 0) is 6.42 Å². The van der Waals surface area contributed by atoms with Crippen molar-refractivity contribution < 1.29 is 0 Å². The SMILES string of the molecule is CC1=CC(N)C(N)(Cc2ccccc2)C=C1. The van der Waals surface area contributed by atoms with E-state index in [1.54, 1.807) is 0 Å². The maximum absolute atomic E-state index is 6.34. The van der Waals surface area contributed by atoms with Gasteiger partial charge in [0.25, 0.3) is 0 Å². The summed E-state index contributed by atoms with van der Waals surface area (Å²) in [7, 11) is 0. The van der Waals surface area contributed by atoms with Crippen LogP contribution in [0.2, 0.25) is 0 Å². The Bertz CT molecular complexity index is 420. The molecule has 0 saturated carbocycles. The summed E-state index contributed by atoms with van der Waals surface area (Å²) < 4.78 is 0. The Morgan fingerprint density at radius 1 is 1.25 bits per heavy atom. The topological polar surface area (TPSA) is 52.0 Å². The van der Waals surface area contributed by atoms with Gasteiger partial charge in [-0.15, -0.1) is 0 Å². The zero-order valence-corrected chi connectivity index (χ0v) is 9.56. The monoisotopic (exact) mass is 214 g/mol. The Labute approximate surface area is 96.6 Å².